The van der Waals surface area contributed by atoms with Crippen LogP contribution in [-0.2, 0) is 4.74 Å². The minimum Gasteiger partial charge on any atom is -0.492 e. The van der Waals surface area contributed by atoms with Gasteiger partial charge in [-0.1, -0.05) is 39.0 Å². The Balaban J connectivity index is 2.00. The molecule has 0 aliphatic carbocycles. The molecule has 1 fully saturated rings. The van der Waals surface area contributed by atoms with Gasteiger partial charge in [0, 0.05) is 31.8 Å². The van der Waals surface area contributed by atoms with E-state index in [2.05, 4.69) is 22.5 Å². The Morgan fingerprint density at radius 3 is 2.33 bits per heavy atom. The minimum absolute atomic E-state index is 0.217. The van der Waals surface area contributed by atoms with E-state index in [1.165, 1.54) is 25.7 Å². The second kappa shape index (κ2) is 14.0. The van der Waals surface area contributed by atoms with E-state index < -0.39 is 0 Å². The molecule has 7 heteroatoms. The third-order valence-corrected chi connectivity index (χ3v) is 5.08. The number of unbranched alkanes of at least 4 members (excludes halogenated alkanes) is 5. The molecule has 1 saturated heterocycles. The molecular weight excluding hydrogens is 382 g/mol. The molecule has 170 valence electrons. The third kappa shape index (κ3) is 7.94. The second-order valence-corrected chi connectivity index (χ2v) is 7.43. The maximum absolute atomic E-state index is 12.4. The van der Waals surface area contributed by atoms with E-state index in [1.807, 2.05) is 26.0 Å². The number of benzene rings is 1. The molecule has 0 aromatic heterocycles. The van der Waals surface area contributed by atoms with Crippen molar-refractivity contribution in [3.05, 3.63) is 12.1 Å². The van der Waals surface area contributed by atoms with Crippen LogP contribution in [0.2, 0.25) is 0 Å². The fourth-order valence-corrected chi connectivity index (χ4v) is 3.52. The van der Waals surface area contributed by atoms with Crippen molar-refractivity contribution in [2.24, 2.45) is 0 Å². The zero-order valence-corrected chi connectivity index (χ0v) is 18.9. The number of morpholine rings is 1. The molecule has 0 radical (unpaired) electrons. The normalized spacial score (nSPS) is 13.8. The van der Waals surface area contributed by atoms with Gasteiger partial charge in [0.05, 0.1) is 37.8 Å². The number of nitrogens with one attached hydrogen (secondary N) is 2. The van der Waals surface area contributed by atoms with Gasteiger partial charge in [-0.3, -0.25) is 0 Å². The molecule has 0 bridgehead atoms. The first-order valence-corrected chi connectivity index (χ1v) is 11.5. The summed E-state index contributed by atoms with van der Waals surface area (Å²) >= 11 is 0. The quantitative estimate of drug-likeness (QED) is 0.448. The van der Waals surface area contributed by atoms with Crippen LogP contribution >= 0.6 is 0 Å². The number of nitrogens with zero attached hydrogens (tertiary/aromatic N) is 1. The highest BCUT2D eigenvalue weighted by Gasteiger charge is 2.20. The molecule has 1 aliphatic heterocycles. The van der Waals surface area contributed by atoms with Crippen molar-refractivity contribution in [2.75, 3.05) is 56.3 Å². The molecular formula is C23H39N3O4. The van der Waals surface area contributed by atoms with Crippen LogP contribution in [0.5, 0.6) is 11.5 Å². The molecule has 7 nitrogen and oxygen atoms in total. The van der Waals surface area contributed by atoms with Crippen LogP contribution in [0.25, 0.3) is 0 Å². The highest BCUT2D eigenvalue weighted by atomic mass is 16.5. The summed E-state index contributed by atoms with van der Waals surface area (Å²) in [6, 6.07) is 3.61. The van der Waals surface area contributed by atoms with Gasteiger partial charge in [0.2, 0.25) is 0 Å². The lowest BCUT2D eigenvalue weighted by molar-refractivity contribution is 0.122. The molecule has 0 unspecified atom stereocenters. The van der Waals surface area contributed by atoms with Crippen molar-refractivity contribution in [1.29, 1.82) is 0 Å². The van der Waals surface area contributed by atoms with E-state index in [0.29, 0.717) is 44.4 Å². The largest absolute Gasteiger partial charge is 0.492 e. The number of hydrogen-bond acceptors (Lipinski definition) is 5. The molecule has 0 atom stereocenters. The number of hydrogen-bond donors (Lipinski definition) is 2. The predicted molar refractivity (Wildman–Crippen MR) is 122 cm³/mol. The van der Waals surface area contributed by atoms with Gasteiger partial charge in [0.1, 0.15) is 11.5 Å². The Morgan fingerprint density at radius 2 is 1.63 bits per heavy atom. The average molecular weight is 422 g/mol. The van der Waals surface area contributed by atoms with Gasteiger partial charge in [0.15, 0.2) is 0 Å². The number of rotatable bonds is 13. The topological polar surface area (TPSA) is 72.1 Å². The Kier molecular flexibility index (Phi) is 11.2. The molecule has 1 heterocycles. The molecule has 0 spiro atoms. The smallest absolute Gasteiger partial charge is 0.319 e. The van der Waals surface area contributed by atoms with Crippen LogP contribution in [0.4, 0.5) is 16.2 Å². The van der Waals surface area contributed by atoms with Crippen molar-refractivity contribution in [3.8, 4) is 11.5 Å². The van der Waals surface area contributed by atoms with Crippen LogP contribution in [-0.4, -0.2) is 52.1 Å². The van der Waals surface area contributed by atoms with E-state index in [-0.39, 0.29) is 6.03 Å². The van der Waals surface area contributed by atoms with Gasteiger partial charge in [-0.25, -0.2) is 4.79 Å². The number of amides is 2. The number of carbonyl (C=O) groups is 1. The molecule has 1 aliphatic rings. The molecule has 30 heavy (non-hydrogen) atoms. The van der Waals surface area contributed by atoms with E-state index in [4.69, 9.17) is 14.2 Å². The number of carbonyl (C=O) groups excluding carboxylic acids is 1. The van der Waals surface area contributed by atoms with E-state index in [0.717, 1.165) is 37.4 Å². The van der Waals surface area contributed by atoms with Crippen molar-refractivity contribution < 1.29 is 19.0 Å². The lowest BCUT2D eigenvalue weighted by atomic mass is 10.1. The first-order chi connectivity index (χ1) is 14.7. The molecule has 1 aromatic rings. The zero-order valence-electron chi connectivity index (χ0n) is 18.9. The van der Waals surface area contributed by atoms with E-state index >= 15 is 0 Å². The first-order valence-electron chi connectivity index (χ1n) is 11.5. The van der Waals surface area contributed by atoms with Gasteiger partial charge >= 0.3 is 6.03 Å². The Labute approximate surface area is 181 Å². The summed E-state index contributed by atoms with van der Waals surface area (Å²) in [5.74, 6) is 1.39. The van der Waals surface area contributed by atoms with Gasteiger partial charge in [-0.15, -0.1) is 0 Å². The highest BCUT2D eigenvalue weighted by Crippen LogP contribution is 2.39. The van der Waals surface area contributed by atoms with Gasteiger partial charge in [-0.05, 0) is 20.3 Å². The summed E-state index contributed by atoms with van der Waals surface area (Å²) in [6.45, 7) is 10.8. The minimum atomic E-state index is -0.217. The third-order valence-electron chi connectivity index (χ3n) is 5.08. The summed E-state index contributed by atoms with van der Waals surface area (Å²) in [7, 11) is 0. The molecule has 1 aromatic carbocycles. The summed E-state index contributed by atoms with van der Waals surface area (Å²) in [5.41, 5.74) is 1.60. The first kappa shape index (κ1) is 24.1. The standard InChI is InChI=1S/C23H39N3O4/c1-4-7-8-9-10-11-12-24-23(27)25-19-17-22(30-6-3)20(18-21(19)29-5-2)26-13-15-28-16-14-26/h17-18H,4-16H2,1-3H3,(H2,24,25,27). The predicted octanol–water partition coefficient (Wildman–Crippen LogP) is 4.80. The zero-order chi connectivity index (χ0) is 21.6. The maximum Gasteiger partial charge on any atom is 0.319 e. The molecule has 2 amide bonds. The van der Waals surface area contributed by atoms with Crippen LogP contribution < -0.4 is 25.0 Å². The van der Waals surface area contributed by atoms with Crippen molar-refractivity contribution >= 4 is 17.4 Å². The van der Waals surface area contributed by atoms with Crippen molar-refractivity contribution in [1.82, 2.24) is 5.32 Å². The van der Waals surface area contributed by atoms with E-state index in [9.17, 15) is 4.79 Å². The van der Waals surface area contributed by atoms with Crippen LogP contribution in [0.15, 0.2) is 12.1 Å². The number of ether oxygens (including phenoxy) is 3. The number of anilines is 2. The lowest BCUT2D eigenvalue weighted by Crippen LogP contribution is -2.36. The van der Waals surface area contributed by atoms with Crippen LogP contribution in [0.1, 0.15) is 59.3 Å². The molecule has 0 saturated carbocycles. The van der Waals surface area contributed by atoms with E-state index in [1.54, 1.807) is 0 Å². The van der Waals surface area contributed by atoms with Crippen molar-refractivity contribution in [2.45, 2.75) is 59.3 Å². The maximum atomic E-state index is 12.4. The van der Waals surface area contributed by atoms with Gasteiger partial charge < -0.3 is 29.7 Å². The fraction of sp³-hybridized carbons (Fsp3) is 0.696. The van der Waals surface area contributed by atoms with Gasteiger partial charge in [-0.2, -0.15) is 0 Å². The summed E-state index contributed by atoms with van der Waals surface area (Å²) in [6.07, 6.45) is 7.18. The number of urea groups is 1. The average Bonchev–Trinajstić information content (AvgIpc) is 2.75. The Morgan fingerprint density at radius 1 is 0.967 bits per heavy atom. The van der Waals surface area contributed by atoms with Crippen molar-refractivity contribution in [3.63, 3.8) is 0 Å². The van der Waals surface area contributed by atoms with Gasteiger partial charge in [0.25, 0.3) is 0 Å². The SMILES string of the molecule is CCCCCCCCNC(=O)Nc1cc(OCC)c(N2CCOCC2)cc1OCC. The summed E-state index contributed by atoms with van der Waals surface area (Å²) in [5, 5.41) is 5.88. The second-order valence-electron chi connectivity index (χ2n) is 7.43. The fourth-order valence-electron chi connectivity index (χ4n) is 3.52. The lowest BCUT2D eigenvalue weighted by Gasteiger charge is -2.31. The molecule has 2 rings (SSSR count). The highest BCUT2D eigenvalue weighted by molar-refractivity contribution is 5.92. The Bertz CT molecular complexity index is 633. The monoisotopic (exact) mass is 421 g/mol. The summed E-state index contributed by atoms with van der Waals surface area (Å²) < 4.78 is 17.2. The molecule has 2 N–H and O–H groups in total. The van der Waals surface area contributed by atoms with Crippen LogP contribution in [0, 0.1) is 0 Å². The van der Waals surface area contributed by atoms with Crippen LogP contribution in [0.3, 0.4) is 0 Å². The Hall–Kier alpha value is -2.15. The summed E-state index contributed by atoms with van der Waals surface area (Å²) in [4.78, 5) is 14.6.